The molecule has 0 saturated heterocycles. The van der Waals surface area contributed by atoms with Crippen LogP contribution >= 0.6 is 0 Å². The monoisotopic (exact) mass is 277 g/mol. The summed E-state index contributed by atoms with van der Waals surface area (Å²) in [5.74, 6) is -1.21. The molecule has 0 heterocycles. The van der Waals surface area contributed by atoms with Crippen molar-refractivity contribution in [2.24, 2.45) is 0 Å². The van der Waals surface area contributed by atoms with Crippen LogP contribution in [0.4, 0.5) is 5.69 Å². The van der Waals surface area contributed by atoms with Crippen LogP contribution in [0.1, 0.15) is 10.4 Å². The summed E-state index contributed by atoms with van der Waals surface area (Å²) in [4.78, 5) is 28.1. The third-order valence-corrected chi connectivity index (χ3v) is 2.73. The molecule has 10 heteroatoms. The molecule has 0 atom stereocenters. The molecule has 0 aromatic heterocycles. The number of hydrogen-bond donors (Lipinski definition) is 1. The van der Waals surface area contributed by atoms with Gasteiger partial charge in [0.15, 0.2) is 0 Å². The van der Waals surface area contributed by atoms with E-state index >= 15 is 0 Å². The number of nitrogens with zero attached hydrogens (tertiary/aromatic N) is 1. The highest BCUT2D eigenvalue weighted by Crippen LogP contribution is 2.22. The van der Waals surface area contributed by atoms with Crippen molar-refractivity contribution >= 4 is 21.8 Å². The van der Waals surface area contributed by atoms with Gasteiger partial charge in [0.05, 0.1) is 17.6 Å². The molecule has 0 saturated carbocycles. The molecule has 18 heavy (non-hydrogen) atoms. The number of nitro benzene ring substituents is 1. The summed E-state index contributed by atoms with van der Waals surface area (Å²) >= 11 is 0. The first kappa shape index (κ1) is 14.0. The fraction of sp³-hybridized carbons (Fsp3) is 0.125. The van der Waals surface area contributed by atoms with Crippen molar-refractivity contribution in [2.75, 3.05) is 7.11 Å². The molecule has 0 unspecified atom stereocenters. The first-order valence-electron chi connectivity index (χ1n) is 4.28. The third kappa shape index (κ3) is 3.00. The van der Waals surface area contributed by atoms with Gasteiger partial charge < -0.3 is 0 Å². The second-order valence-corrected chi connectivity index (χ2v) is 4.34. The number of rotatable bonds is 4. The number of nitro groups is 1. The minimum absolute atomic E-state index is 0.543. The Morgan fingerprint density at radius 1 is 1.44 bits per heavy atom. The van der Waals surface area contributed by atoms with Crippen LogP contribution < -0.4 is 0 Å². The molecule has 9 nitrogen and oxygen atoms in total. The van der Waals surface area contributed by atoms with Gasteiger partial charge in [0.25, 0.3) is 15.8 Å². The zero-order valence-corrected chi connectivity index (χ0v) is 9.71. The number of hydrogen-bond acceptors (Lipinski definition) is 7. The summed E-state index contributed by atoms with van der Waals surface area (Å²) in [5, 5.41) is 10.5. The molecular weight excluding hydrogens is 270 g/mol. The number of non-ortho nitro benzene ring substituents is 1. The molecule has 98 valence electrons. The lowest BCUT2D eigenvalue weighted by Gasteiger charge is -2.04. The van der Waals surface area contributed by atoms with Gasteiger partial charge >= 0.3 is 5.97 Å². The number of benzene rings is 1. The van der Waals surface area contributed by atoms with Gasteiger partial charge in [-0.25, -0.2) is 4.79 Å². The second kappa shape index (κ2) is 5.08. The van der Waals surface area contributed by atoms with Crippen molar-refractivity contribution in [1.82, 2.24) is 0 Å². The molecule has 0 aliphatic carbocycles. The van der Waals surface area contributed by atoms with E-state index in [0.29, 0.717) is 6.07 Å². The highest BCUT2D eigenvalue weighted by molar-refractivity contribution is 7.86. The Hall–Kier alpha value is -2.04. The molecular formula is C8H7NO8S. The van der Waals surface area contributed by atoms with Crippen molar-refractivity contribution in [1.29, 1.82) is 0 Å². The fourth-order valence-electron chi connectivity index (χ4n) is 1.13. The first-order chi connectivity index (χ1) is 8.27. The average molecular weight is 277 g/mol. The minimum Gasteiger partial charge on any atom is -0.293 e. The minimum atomic E-state index is -4.81. The van der Waals surface area contributed by atoms with E-state index in [1.807, 2.05) is 0 Å². The predicted molar refractivity (Wildman–Crippen MR) is 55.3 cm³/mol. The van der Waals surface area contributed by atoms with Crippen LogP contribution in [0.2, 0.25) is 0 Å². The van der Waals surface area contributed by atoms with E-state index in [1.54, 1.807) is 0 Å². The van der Waals surface area contributed by atoms with Crippen LogP contribution in [0.15, 0.2) is 23.1 Å². The molecule has 0 aliphatic rings. The lowest BCUT2D eigenvalue weighted by Crippen LogP contribution is -2.11. The van der Waals surface area contributed by atoms with Gasteiger partial charge in [-0.2, -0.15) is 13.3 Å². The van der Waals surface area contributed by atoms with Gasteiger partial charge in [0.2, 0.25) is 0 Å². The van der Waals surface area contributed by atoms with E-state index in [0.717, 1.165) is 19.2 Å². The normalized spacial score (nSPS) is 11.0. The van der Waals surface area contributed by atoms with E-state index in [2.05, 4.69) is 9.78 Å². The predicted octanol–water partition coefficient (Wildman–Crippen LogP) is 0.560. The summed E-state index contributed by atoms with van der Waals surface area (Å²) in [7, 11) is -3.80. The SMILES string of the molecule is COOC(=O)c1ccc([N+](=O)[O-])cc1S(=O)(=O)O. The molecule has 0 spiro atoms. The zero-order chi connectivity index (χ0) is 13.9. The third-order valence-electron chi connectivity index (χ3n) is 1.83. The van der Waals surface area contributed by atoms with E-state index < -0.39 is 37.2 Å². The van der Waals surface area contributed by atoms with E-state index in [-0.39, 0.29) is 0 Å². The van der Waals surface area contributed by atoms with Gasteiger partial charge in [-0.1, -0.05) is 0 Å². The van der Waals surface area contributed by atoms with Crippen LogP contribution in [0, 0.1) is 10.1 Å². The van der Waals surface area contributed by atoms with E-state index in [9.17, 15) is 23.3 Å². The van der Waals surface area contributed by atoms with Crippen LogP contribution in [0.3, 0.4) is 0 Å². The van der Waals surface area contributed by atoms with Gasteiger partial charge in [0.1, 0.15) is 4.90 Å². The fourth-order valence-corrected chi connectivity index (χ4v) is 1.83. The maximum Gasteiger partial charge on any atom is 0.374 e. The Bertz CT molecular complexity index is 593. The summed E-state index contributed by atoms with van der Waals surface area (Å²) in [6, 6.07) is 2.27. The van der Waals surface area contributed by atoms with Gasteiger partial charge in [-0.3, -0.25) is 19.6 Å². The van der Waals surface area contributed by atoms with Crippen molar-refractivity contribution < 1.29 is 32.5 Å². The molecule has 1 rings (SSSR count). The van der Waals surface area contributed by atoms with Gasteiger partial charge in [0, 0.05) is 12.1 Å². The highest BCUT2D eigenvalue weighted by atomic mass is 32.2. The topological polar surface area (TPSA) is 133 Å². The number of carbonyl (C=O) groups is 1. The van der Waals surface area contributed by atoms with Crippen molar-refractivity contribution in [2.45, 2.75) is 4.90 Å². The smallest absolute Gasteiger partial charge is 0.293 e. The lowest BCUT2D eigenvalue weighted by molar-refractivity contribution is -0.385. The lowest BCUT2D eigenvalue weighted by atomic mass is 10.2. The van der Waals surface area contributed by atoms with Crippen LogP contribution in [-0.2, 0) is 19.9 Å². The Morgan fingerprint density at radius 2 is 2.06 bits per heavy atom. The van der Waals surface area contributed by atoms with Gasteiger partial charge in [-0.15, -0.1) is 0 Å². The molecule has 0 fully saturated rings. The van der Waals surface area contributed by atoms with Crippen molar-refractivity contribution in [3.8, 4) is 0 Å². The molecule has 0 bridgehead atoms. The standard InChI is InChI=1S/C8H7NO8S/c1-16-17-8(10)6-3-2-5(9(11)12)4-7(6)18(13,14)15/h2-4H,1H3,(H,13,14,15). The van der Waals surface area contributed by atoms with Crippen molar-refractivity contribution in [3.63, 3.8) is 0 Å². The highest BCUT2D eigenvalue weighted by Gasteiger charge is 2.25. The molecule has 1 aromatic carbocycles. The Morgan fingerprint density at radius 3 is 2.50 bits per heavy atom. The maximum atomic E-state index is 11.3. The zero-order valence-electron chi connectivity index (χ0n) is 8.89. The van der Waals surface area contributed by atoms with Crippen molar-refractivity contribution in [3.05, 3.63) is 33.9 Å². The summed E-state index contributed by atoms with van der Waals surface area (Å²) in [5.41, 5.74) is -1.18. The average Bonchev–Trinajstić information content (AvgIpc) is 2.27. The van der Waals surface area contributed by atoms with Crippen LogP contribution in [0.25, 0.3) is 0 Å². The van der Waals surface area contributed by atoms with E-state index in [1.165, 1.54) is 0 Å². The largest absolute Gasteiger partial charge is 0.374 e. The first-order valence-corrected chi connectivity index (χ1v) is 5.72. The molecule has 1 N–H and O–H groups in total. The number of carbonyl (C=O) groups excluding carboxylic acids is 1. The quantitative estimate of drug-likeness (QED) is 0.365. The summed E-state index contributed by atoms with van der Waals surface area (Å²) < 4.78 is 30.9. The maximum absolute atomic E-state index is 11.3. The molecule has 0 aliphatic heterocycles. The van der Waals surface area contributed by atoms with Gasteiger partial charge in [-0.05, 0) is 6.07 Å². The summed E-state index contributed by atoms with van der Waals surface area (Å²) in [6.45, 7) is 0. The van der Waals surface area contributed by atoms with E-state index in [4.69, 9.17) is 4.55 Å². The Labute approximate surface area is 101 Å². The molecule has 0 radical (unpaired) electrons. The Balaban J connectivity index is 3.44. The Kier molecular flexibility index (Phi) is 3.96. The molecule has 0 amide bonds. The second-order valence-electron chi connectivity index (χ2n) is 2.95. The van der Waals surface area contributed by atoms with Crippen LogP contribution in [0.5, 0.6) is 0 Å². The molecule has 1 aromatic rings. The summed E-state index contributed by atoms with van der Waals surface area (Å²) in [6.07, 6.45) is 0. The van der Waals surface area contributed by atoms with Crippen LogP contribution in [-0.4, -0.2) is 31.0 Å².